The number of hydrogen-bond acceptors (Lipinski definition) is 10. The summed E-state index contributed by atoms with van der Waals surface area (Å²) in [7, 11) is 0. The number of carbonyl (C=O) groups excluding carboxylic acids is 1. The van der Waals surface area contributed by atoms with Crippen LogP contribution in [-0.2, 0) is 11.7 Å². The molecule has 0 aliphatic carbocycles. The van der Waals surface area contributed by atoms with Crippen LogP contribution in [0.1, 0.15) is 50.6 Å². The Labute approximate surface area is 261 Å². The molecule has 4 aromatic rings. The fourth-order valence-corrected chi connectivity index (χ4v) is 5.53. The third-order valence-corrected chi connectivity index (χ3v) is 7.75. The summed E-state index contributed by atoms with van der Waals surface area (Å²) in [5, 5.41) is 23.3. The van der Waals surface area contributed by atoms with E-state index in [1.54, 1.807) is 32.0 Å². The van der Waals surface area contributed by atoms with E-state index in [-0.39, 0.29) is 61.0 Å². The number of benzene rings is 1. The number of carbonyl (C=O) groups is 1. The molecular formula is C31H33F3N6O6. The van der Waals surface area contributed by atoms with Crippen LogP contribution in [0.5, 0.6) is 17.2 Å². The van der Waals surface area contributed by atoms with Gasteiger partial charge in [0.15, 0.2) is 17.1 Å². The number of phenols is 1. The molecule has 0 spiro atoms. The van der Waals surface area contributed by atoms with Gasteiger partial charge >= 0.3 is 18.0 Å². The Morgan fingerprint density at radius 3 is 2.63 bits per heavy atom. The van der Waals surface area contributed by atoms with Crippen LogP contribution in [0.25, 0.3) is 16.7 Å². The highest BCUT2D eigenvalue weighted by Gasteiger charge is 2.46. The van der Waals surface area contributed by atoms with E-state index in [1.165, 1.54) is 21.9 Å². The summed E-state index contributed by atoms with van der Waals surface area (Å²) in [6.07, 6.45) is -3.08. The van der Waals surface area contributed by atoms with E-state index in [9.17, 15) is 33.0 Å². The Morgan fingerprint density at radius 1 is 1.17 bits per heavy atom. The van der Waals surface area contributed by atoms with Crippen LogP contribution in [0.3, 0.4) is 0 Å². The van der Waals surface area contributed by atoms with Crippen LogP contribution >= 0.6 is 0 Å². The predicted octanol–water partition coefficient (Wildman–Crippen LogP) is 4.10. The lowest BCUT2D eigenvalue weighted by molar-refractivity contribution is -0.138. The first-order valence-electron chi connectivity index (χ1n) is 14.5. The van der Waals surface area contributed by atoms with Gasteiger partial charge in [0.05, 0.1) is 23.5 Å². The van der Waals surface area contributed by atoms with Crippen LogP contribution in [0, 0.1) is 0 Å². The number of amides is 1. The Morgan fingerprint density at radius 2 is 1.93 bits per heavy atom. The van der Waals surface area contributed by atoms with Crippen molar-refractivity contribution < 1.29 is 37.7 Å². The largest absolute Gasteiger partial charge is 0.504 e. The van der Waals surface area contributed by atoms with Crippen LogP contribution < -0.4 is 20.5 Å². The van der Waals surface area contributed by atoms with Gasteiger partial charge in [-0.05, 0) is 44.0 Å². The SMILES string of the molecule is CC1CN(C(=O)Oc2c(O)cccc2C(F)(F)F)C(C)(c2nc(=O)n(-c3c(OCCO)ccnc3C(C)C)c3ncccc23)CN1. The maximum atomic E-state index is 14.0. The topological polar surface area (TPSA) is 152 Å². The lowest BCUT2D eigenvalue weighted by Crippen LogP contribution is -2.63. The summed E-state index contributed by atoms with van der Waals surface area (Å²) in [4.78, 5) is 42.4. The molecule has 1 aliphatic rings. The summed E-state index contributed by atoms with van der Waals surface area (Å²) in [6.45, 7) is 6.85. The number of aliphatic hydroxyl groups is 1. The van der Waals surface area contributed by atoms with Crippen molar-refractivity contribution in [2.24, 2.45) is 0 Å². The van der Waals surface area contributed by atoms with Crippen LogP contribution in [-0.4, -0.2) is 73.1 Å². The van der Waals surface area contributed by atoms with E-state index >= 15 is 0 Å². The summed E-state index contributed by atoms with van der Waals surface area (Å²) in [5.74, 6) is -1.79. The minimum atomic E-state index is -4.91. The van der Waals surface area contributed by atoms with Crippen molar-refractivity contribution in [2.75, 3.05) is 26.3 Å². The number of fused-ring (bicyclic) bond motifs is 1. The third kappa shape index (κ3) is 5.95. The van der Waals surface area contributed by atoms with Crippen molar-refractivity contribution in [3.8, 4) is 22.9 Å². The molecule has 1 fully saturated rings. The van der Waals surface area contributed by atoms with Gasteiger partial charge in [-0.15, -0.1) is 0 Å². The van der Waals surface area contributed by atoms with Gasteiger partial charge in [0, 0.05) is 43.0 Å². The maximum Gasteiger partial charge on any atom is 0.420 e. The molecule has 1 aromatic carbocycles. The monoisotopic (exact) mass is 642 g/mol. The number of phenolic OH excluding ortho intramolecular Hbond substituents is 1. The molecule has 1 aliphatic heterocycles. The molecule has 46 heavy (non-hydrogen) atoms. The number of aromatic hydroxyl groups is 1. The molecule has 5 rings (SSSR count). The van der Waals surface area contributed by atoms with E-state index in [1.807, 2.05) is 13.8 Å². The molecule has 0 saturated carbocycles. The normalized spacial score (nSPS) is 18.6. The number of aliphatic hydroxyl groups excluding tert-OH is 1. The number of para-hydroxylation sites is 1. The number of ether oxygens (including phenoxy) is 2. The molecule has 1 amide bonds. The zero-order valence-corrected chi connectivity index (χ0v) is 25.5. The molecule has 4 heterocycles. The number of nitrogens with zero attached hydrogens (tertiary/aromatic N) is 5. The number of piperazine rings is 1. The minimum absolute atomic E-state index is 0.0317. The number of halogens is 3. The van der Waals surface area contributed by atoms with Gasteiger partial charge in [-0.1, -0.05) is 19.9 Å². The number of hydrogen-bond donors (Lipinski definition) is 3. The second kappa shape index (κ2) is 12.6. The Bertz CT molecular complexity index is 1830. The summed E-state index contributed by atoms with van der Waals surface area (Å²) in [5.41, 5.74) is -2.46. The van der Waals surface area contributed by atoms with Gasteiger partial charge in [0.25, 0.3) is 0 Å². The number of alkyl halides is 3. The first-order chi connectivity index (χ1) is 21.8. The highest BCUT2D eigenvalue weighted by atomic mass is 19.4. The van der Waals surface area contributed by atoms with Crippen molar-refractivity contribution >= 4 is 17.1 Å². The second-order valence-electron chi connectivity index (χ2n) is 11.4. The van der Waals surface area contributed by atoms with Gasteiger partial charge in [0.2, 0.25) is 0 Å². The Hall–Kier alpha value is -4.76. The summed E-state index contributed by atoms with van der Waals surface area (Å²) < 4.78 is 53.6. The van der Waals surface area contributed by atoms with Gasteiger partial charge in [-0.25, -0.2) is 19.1 Å². The highest BCUT2D eigenvalue weighted by Crippen LogP contribution is 2.42. The minimum Gasteiger partial charge on any atom is -0.504 e. The Balaban J connectivity index is 1.69. The number of pyridine rings is 2. The van der Waals surface area contributed by atoms with E-state index < -0.39 is 40.6 Å². The van der Waals surface area contributed by atoms with Crippen molar-refractivity contribution in [3.05, 3.63) is 76.2 Å². The van der Waals surface area contributed by atoms with E-state index in [4.69, 9.17) is 9.47 Å². The highest BCUT2D eigenvalue weighted by molar-refractivity contribution is 5.82. The second-order valence-corrected chi connectivity index (χ2v) is 11.4. The lowest BCUT2D eigenvalue weighted by Gasteiger charge is -2.46. The number of rotatable bonds is 7. The van der Waals surface area contributed by atoms with Crippen molar-refractivity contribution in [3.63, 3.8) is 0 Å². The van der Waals surface area contributed by atoms with Crippen LogP contribution in [0.15, 0.2) is 53.6 Å². The van der Waals surface area contributed by atoms with Crippen LogP contribution in [0.2, 0.25) is 0 Å². The molecule has 2 atom stereocenters. The molecule has 0 radical (unpaired) electrons. The third-order valence-electron chi connectivity index (χ3n) is 7.75. The number of aromatic nitrogens is 4. The van der Waals surface area contributed by atoms with Gasteiger partial charge < -0.3 is 25.0 Å². The van der Waals surface area contributed by atoms with Crippen LogP contribution in [0.4, 0.5) is 18.0 Å². The van der Waals surface area contributed by atoms with Gasteiger partial charge in [-0.3, -0.25) is 9.88 Å². The number of nitrogens with one attached hydrogen (secondary N) is 1. The fourth-order valence-electron chi connectivity index (χ4n) is 5.53. The smallest absolute Gasteiger partial charge is 0.420 e. The molecule has 1 saturated heterocycles. The average Bonchev–Trinajstić information content (AvgIpc) is 3.01. The Kier molecular flexibility index (Phi) is 8.91. The van der Waals surface area contributed by atoms with Gasteiger partial charge in [0.1, 0.15) is 23.6 Å². The molecular weight excluding hydrogens is 609 g/mol. The lowest BCUT2D eigenvalue weighted by atomic mass is 9.89. The zero-order chi connectivity index (χ0) is 33.4. The molecule has 0 bridgehead atoms. The van der Waals surface area contributed by atoms with E-state index in [2.05, 4.69) is 20.3 Å². The molecule has 12 nitrogen and oxygen atoms in total. The molecule has 2 unspecified atom stereocenters. The van der Waals surface area contributed by atoms with E-state index in [0.717, 1.165) is 12.1 Å². The predicted molar refractivity (Wildman–Crippen MR) is 160 cm³/mol. The first kappa shape index (κ1) is 32.6. The first-order valence-corrected chi connectivity index (χ1v) is 14.5. The van der Waals surface area contributed by atoms with Crippen molar-refractivity contribution in [2.45, 2.75) is 51.4 Å². The standard InChI is InChI=1S/C31H33F3N6O6/c1-17(2)23-24(22(10-12-35-23)45-14-13-41)40-27-19(7-6-11-36-27)26(38-28(40)43)30(4)16-37-18(3)15-39(30)29(44)46-25-20(31(32,33)34)8-5-9-21(25)42/h5-12,17-18,37,41-42H,13-16H2,1-4H3. The van der Waals surface area contributed by atoms with Crippen molar-refractivity contribution in [1.29, 1.82) is 0 Å². The van der Waals surface area contributed by atoms with Gasteiger partial charge in [-0.2, -0.15) is 18.2 Å². The quantitative estimate of drug-likeness (QED) is 0.269. The average molecular weight is 643 g/mol. The maximum absolute atomic E-state index is 14.0. The fraction of sp³-hybridized carbons (Fsp3) is 0.387. The molecule has 3 N–H and O–H groups in total. The molecule has 3 aromatic heterocycles. The summed E-state index contributed by atoms with van der Waals surface area (Å²) in [6, 6.07) is 7.22. The molecule has 15 heteroatoms. The van der Waals surface area contributed by atoms with Crippen molar-refractivity contribution in [1.82, 2.24) is 29.7 Å². The summed E-state index contributed by atoms with van der Waals surface area (Å²) >= 11 is 0. The molecule has 244 valence electrons. The zero-order valence-electron chi connectivity index (χ0n) is 25.5. The van der Waals surface area contributed by atoms with E-state index in [0.29, 0.717) is 17.1 Å².